The molecule has 0 saturated heterocycles. The minimum absolute atomic E-state index is 0.0429. The van der Waals surface area contributed by atoms with Gasteiger partial charge in [-0.2, -0.15) is 0 Å². The lowest BCUT2D eigenvalue weighted by atomic mass is 9.98. The number of carbonyl (C=O) groups excluding carboxylic acids is 2. The Morgan fingerprint density at radius 2 is 1.71 bits per heavy atom. The highest BCUT2D eigenvalue weighted by Gasteiger charge is 2.27. The van der Waals surface area contributed by atoms with Crippen molar-refractivity contribution in [1.29, 1.82) is 0 Å². The largest absolute Gasteiger partial charge is 0.378 e. The number of nitrogens with one attached hydrogen (secondary N) is 2. The smallest absolute Gasteiger partial charge is 0.251 e. The number of nitrogens with zero attached hydrogens (tertiary/aromatic N) is 3. The summed E-state index contributed by atoms with van der Waals surface area (Å²) in [5.41, 5.74) is 2.54. The van der Waals surface area contributed by atoms with Crippen LogP contribution in [0.2, 0.25) is 0 Å². The van der Waals surface area contributed by atoms with Crippen molar-refractivity contribution in [3.8, 4) is 10.6 Å². The van der Waals surface area contributed by atoms with Gasteiger partial charge >= 0.3 is 0 Å². The van der Waals surface area contributed by atoms with Crippen molar-refractivity contribution in [3.05, 3.63) is 60.2 Å². The van der Waals surface area contributed by atoms with E-state index >= 15 is 0 Å². The van der Waals surface area contributed by atoms with Crippen molar-refractivity contribution < 1.29 is 9.59 Å². The fourth-order valence-electron chi connectivity index (χ4n) is 2.99. The summed E-state index contributed by atoms with van der Waals surface area (Å²) in [5, 5.41) is 15.1. The first kappa shape index (κ1) is 22.4. The lowest BCUT2D eigenvalue weighted by molar-refractivity contribution is -0.119. The minimum Gasteiger partial charge on any atom is -0.378 e. The third-order valence-electron chi connectivity index (χ3n) is 5.10. The SMILES string of the molecule is CCC(C)C(NC(=O)c1ccccc1)C(=O)Nc1nnc(-c2ccc(N(C)C)cc2)s1. The van der Waals surface area contributed by atoms with Gasteiger partial charge in [0, 0.05) is 30.9 Å². The number of aromatic nitrogens is 2. The van der Waals surface area contributed by atoms with E-state index in [9.17, 15) is 9.59 Å². The van der Waals surface area contributed by atoms with Crippen LogP contribution in [0.15, 0.2) is 54.6 Å². The number of hydrogen-bond donors (Lipinski definition) is 2. The molecule has 2 unspecified atom stereocenters. The number of carbonyl (C=O) groups is 2. The van der Waals surface area contributed by atoms with Crippen LogP contribution in [0.1, 0.15) is 30.6 Å². The maximum Gasteiger partial charge on any atom is 0.251 e. The van der Waals surface area contributed by atoms with E-state index in [0.29, 0.717) is 15.7 Å². The lowest BCUT2D eigenvalue weighted by Crippen LogP contribution is -2.47. The highest BCUT2D eigenvalue weighted by atomic mass is 32.1. The number of hydrogen-bond acceptors (Lipinski definition) is 6. The summed E-state index contributed by atoms with van der Waals surface area (Å²) < 4.78 is 0. The molecule has 2 N–H and O–H groups in total. The molecule has 0 radical (unpaired) electrons. The predicted octanol–water partition coefficient (Wildman–Crippen LogP) is 4.05. The van der Waals surface area contributed by atoms with E-state index in [1.165, 1.54) is 11.3 Å². The first-order valence-corrected chi connectivity index (χ1v) is 11.0. The molecule has 0 bridgehead atoms. The third kappa shape index (κ3) is 5.67. The van der Waals surface area contributed by atoms with Crippen LogP contribution < -0.4 is 15.5 Å². The summed E-state index contributed by atoms with van der Waals surface area (Å²) in [4.78, 5) is 27.6. The van der Waals surface area contributed by atoms with Crippen LogP contribution in [0, 0.1) is 5.92 Å². The van der Waals surface area contributed by atoms with Crippen molar-refractivity contribution in [2.24, 2.45) is 5.92 Å². The van der Waals surface area contributed by atoms with E-state index in [1.54, 1.807) is 24.3 Å². The van der Waals surface area contributed by atoms with Crippen LogP contribution in [-0.4, -0.2) is 42.1 Å². The van der Waals surface area contributed by atoms with E-state index in [1.807, 2.05) is 63.2 Å². The van der Waals surface area contributed by atoms with Gasteiger partial charge < -0.3 is 10.2 Å². The maximum absolute atomic E-state index is 13.0. The van der Waals surface area contributed by atoms with Crippen LogP contribution in [-0.2, 0) is 4.79 Å². The van der Waals surface area contributed by atoms with Crippen molar-refractivity contribution in [1.82, 2.24) is 15.5 Å². The summed E-state index contributed by atoms with van der Waals surface area (Å²) in [6.45, 7) is 3.92. The predicted molar refractivity (Wildman–Crippen MR) is 125 cm³/mol. The van der Waals surface area contributed by atoms with Crippen LogP contribution >= 0.6 is 11.3 Å². The van der Waals surface area contributed by atoms with Gasteiger partial charge in [0.25, 0.3) is 5.91 Å². The van der Waals surface area contributed by atoms with E-state index in [2.05, 4.69) is 20.8 Å². The van der Waals surface area contributed by atoms with Gasteiger partial charge in [0.05, 0.1) is 0 Å². The molecule has 31 heavy (non-hydrogen) atoms. The van der Waals surface area contributed by atoms with Crippen LogP contribution in [0.5, 0.6) is 0 Å². The molecule has 0 aliphatic carbocycles. The first-order chi connectivity index (χ1) is 14.9. The zero-order chi connectivity index (χ0) is 22.4. The number of anilines is 2. The quantitative estimate of drug-likeness (QED) is 0.555. The van der Waals surface area contributed by atoms with Gasteiger partial charge in [-0.15, -0.1) is 10.2 Å². The molecule has 3 aromatic rings. The minimum atomic E-state index is -0.676. The molecule has 1 heterocycles. The molecular weight excluding hydrogens is 410 g/mol. The molecule has 7 nitrogen and oxygen atoms in total. The Labute approximate surface area is 186 Å². The number of amides is 2. The van der Waals surface area contributed by atoms with Gasteiger partial charge in [0.2, 0.25) is 11.0 Å². The molecule has 3 rings (SSSR count). The van der Waals surface area contributed by atoms with E-state index in [0.717, 1.165) is 17.7 Å². The fraction of sp³-hybridized carbons (Fsp3) is 0.304. The highest BCUT2D eigenvalue weighted by Crippen LogP contribution is 2.28. The normalized spacial score (nSPS) is 12.6. The molecule has 0 fully saturated rings. The fourth-order valence-corrected chi connectivity index (χ4v) is 3.74. The molecule has 2 atom stereocenters. The molecule has 0 saturated carbocycles. The van der Waals surface area contributed by atoms with Crippen LogP contribution in [0.25, 0.3) is 10.6 Å². The molecule has 162 valence electrons. The molecule has 1 aromatic heterocycles. The summed E-state index contributed by atoms with van der Waals surface area (Å²) in [7, 11) is 3.97. The zero-order valence-corrected chi connectivity index (χ0v) is 18.9. The highest BCUT2D eigenvalue weighted by molar-refractivity contribution is 7.18. The second-order valence-electron chi connectivity index (χ2n) is 7.55. The Kier molecular flexibility index (Phi) is 7.36. The third-order valence-corrected chi connectivity index (χ3v) is 5.99. The molecule has 2 amide bonds. The summed E-state index contributed by atoms with van der Waals surface area (Å²) in [6.07, 6.45) is 0.743. The first-order valence-electron chi connectivity index (χ1n) is 10.2. The molecule has 0 aliphatic heterocycles. The van der Waals surface area contributed by atoms with Crippen molar-refractivity contribution in [3.63, 3.8) is 0 Å². The lowest BCUT2D eigenvalue weighted by Gasteiger charge is -2.23. The Morgan fingerprint density at radius 1 is 1.03 bits per heavy atom. The maximum atomic E-state index is 13.0. The van der Waals surface area contributed by atoms with E-state index in [4.69, 9.17) is 0 Å². The Balaban J connectivity index is 1.71. The van der Waals surface area contributed by atoms with E-state index in [-0.39, 0.29) is 17.7 Å². The summed E-state index contributed by atoms with van der Waals surface area (Å²) in [5.74, 6) is -0.622. The van der Waals surface area contributed by atoms with Gasteiger partial charge in [-0.1, -0.05) is 49.8 Å². The second kappa shape index (κ2) is 10.2. The molecular formula is C23H27N5O2S. The average molecular weight is 438 g/mol. The summed E-state index contributed by atoms with van der Waals surface area (Å²) in [6, 6.07) is 16.2. The number of benzene rings is 2. The Bertz CT molecular complexity index is 1020. The standard InChI is InChI=1S/C23H27N5O2S/c1-5-15(2)19(24-20(29)16-9-7-6-8-10-16)21(30)25-23-27-26-22(31-23)17-11-13-18(14-12-17)28(3)4/h6-15,19H,5H2,1-4H3,(H,24,29)(H,25,27,30). The Morgan fingerprint density at radius 3 is 2.32 bits per heavy atom. The van der Waals surface area contributed by atoms with Gasteiger partial charge in [0.1, 0.15) is 11.0 Å². The monoisotopic (exact) mass is 437 g/mol. The molecule has 2 aromatic carbocycles. The van der Waals surface area contributed by atoms with Gasteiger partial charge in [-0.3, -0.25) is 14.9 Å². The van der Waals surface area contributed by atoms with Crippen molar-refractivity contribution >= 4 is 34.0 Å². The van der Waals surface area contributed by atoms with Gasteiger partial charge in [-0.25, -0.2) is 0 Å². The van der Waals surface area contributed by atoms with Crippen LogP contribution in [0.4, 0.5) is 10.8 Å². The van der Waals surface area contributed by atoms with E-state index < -0.39 is 6.04 Å². The Hall–Kier alpha value is -3.26. The number of rotatable bonds is 8. The summed E-state index contributed by atoms with van der Waals surface area (Å²) >= 11 is 1.30. The van der Waals surface area contributed by atoms with Crippen molar-refractivity contribution in [2.45, 2.75) is 26.3 Å². The van der Waals surface area contributed by atoms with Crippen LogP contribution in [0.3, 0.4) is 0 Å². The second-order valence-corrected chi connectivity index (χ2v) is 8.52. The molecule has 0 aliphatic rings. The molecule has 8 heteroatoms. The average Bonchev–Trinajstić information content (AvgIpc) is 3.25. The van der Waals surface area contributed by atoms with Gasteiger partial charge in [-0.05, 0) is 42.3 Å². The zero-order valence-electron chi connectivity index (χ0n) is 18.1. The van der Waals surface area contributed by atoms with Crippen molar-refractivity contribution in [2.75, 3.05) is 24.3 Å². The topological polar surface area (TPSA) is 87.2 Å². The van der Waals surface area contributed by atoms with Gasteiger partial charge in [0.15, 0.2) is 0 Å². The molecule has 0 spiro atoms.